The molecule has 18 heavy (non-hydrogen) atoms. The molecule has 0 unspecified atom stereocenters. The molecule has 96 valence electrons. The highest BCUT2D eigenvalue weighted by Gasteiger charge is 2.27. The van der Waals surface area contributed by atoms with Gasteiger partial charge in [-0.25, -0.2) is 4.39 Å². The zero-order valence-electron chi connectivity index (χ0n) is 10.7. The van der Waals surface area contributed by atoms with Gasteiger partial charge in [0.25, 0.3) is 0 Å². The van der Waals surface area contributed by atoms with E-state index in [-0.39, 0.29) is 11.2 Å². The van der Waals surface area contributed by atoms with Crippen molar-refractivity contribution in [2.24, 2.45) is 0 Å². The first kappa shape index (κ1) is 13.0. The monoisotopic (exact) mass is 248 g/mol. The maximum absolute atomic E-state index is 13.9. The van der Waals surface area contributed by atoms with Gasteiger partial charge in [0.05, 0.1) is 17.8 Å². The zero-order chi connectivity index (χ0) is 13.2. The Kier molecular flexibility index (Phi) is 3.65. The van der Waals surface area contributed by atoms with E-state index in [2.05, 4.69) is 4.90 Å². The van der Waals surface area contributed by atoms with Gasteiger partial charge in [-0.15, -0.1) is 0 Å². The van der Waals surface area contributed by atoms with Crippen LogP contribution in [0.2, 0.25) is 0 Å². The lowest BCUT2D eigenvalue weighted by molar-refractivity contribution is -0.0884. The first-order chi connectivity index (χ1) is 8.52. The van der Waals surface area contributed by atoms with Crippen LogP contribution in [-0.4, -0.2) is 30.2 Å². The minimum atomic E-state index is -0.399. The molecule has 1 heterocycles. The topological polar surface area (TPSA) is 36.3 Å². The van der Waals surface area contributed by atoms with Crippen LogP contribution in [0.3, 0.4) is 0 Å². The smallest absolute Gasteiger partial charge is 0.145 e. The van der Waals surface area contributed by atoms with Crippen LogP contribution >= 0.6 is 0 Å². The molecule has 1 aliphatic rings. The van der Waals surface area contributed by atoms with Gasteiger partial charge in [-0.2, -0.15) is 5.26 Å². The molecular formula is C14H17FN2O. The van der Waals surface area contributed by atoms with E-state index in [0.29, 0.717) is 18.7 Å². The first-order valence-corrected chi connectivity index (χ1v) is 6.06. The second-order valence-corrected chi connectivity index (χ2v) is 5.21. The second kappa shape index (κ2) is 5.05. The lowest BCUT2D eigenvalue weighted by Gasteiger charge is -2.38. The van der Waals surface area contributed by atoms with Crippen LogP contribution in [0.1, 0.15) is 25.0 Å². The Morgan fingerprint density at radius 3 is 2.94 bits per heavy atom. The Morgan fingerprint density at radius 2 is 2.28 bits per heavy atom. The molecule has 1 saturated heterocycles. The molecule has 1 aromatic rings. The van der Waals surface area contributed by atoms with E-state index in [1.807, 2.05) is 19.9 Å². The van der Waals surface area contributed by atoms with Crippen molar-refractivity contribution < 1.29 is 9.13 Å². The molecule has 3 nitrogen and oxygen atoms in total. The zero-order valence-corrected chi connectivity index (χ0v) is 10.7. The summed E-state index contributed by atoms with van der Waals surface area (Å²) in [6.45, 7) is 6.80. The Hall–Kier alpha value is -1.44. The SMILES string of the molecule is CC1(C)CN(Cc2cccc(C#N)c2F)CCO1. The average Bonchev–Trinajstić information content (AvgIpc) is 2.31. The molecule has 0 bridgehead atoms. The quantitative estimate of drug-likeness (QED) is 0.805. The van der Waals surface area contributed by atoms with E-state index in [0.717, 1.165) is 13.1 Å². The van der Waals surface area contributed by atoms with E-state index in [1.165, 1.54) is 6.07 Å². The summed E-state index contributed by atoms with van der Waals surface area (Å²) in [5, 5.41) is 8.81. The first-order valence-electron chi connectivity index (χ1n) is 6.06. The number of hydrogen-bond donors (Lipinski definition) is 0. The molecule has 1 aromatic carbocycles. The summed E-state index contributed by atoms with van der Waals surface area (Å²) >= 11 is 0. The summed E-state index contributed by atoms with van der Waals surface area (Å²) in [6.07, 6.45) is 0. The van der Waals surface area contributed by atoms with Gasteiger partial charge in [-0.05, 0) is 19.9 Å². The lowest BCUT2D eigenvalue weighted by atomic mass is 10.1. The average molecular weight is 248 g/mol. The standard InChI is InChI=1S/C14H17FN2O/c1-14(2)10-17(6-7-18-14)9-12-5-3-4-11(8-16)13(12)15/h3-5H,6-7,9-10H2,1-2H3. The van der Waals surface area contributed by atoms with E-state index in [9.17, 15) is 4.39 Å². The molecule has 0 aliphatic carbocycles. The number of ether oxygens (including phenoxy) is 1. The Balaban J connectivity index is 2.13. The number of hydrogen-bond acceptors (Lipinski definition) is 3. The fraction of sp³-hybridized carbons (Fsp3) is 0.500. The molecule has 0 radical (unpaired) electrons. The van der Waals surface area contributed by atoms with Crippen molar-refractivity contribution in [3.8, 4) is 6.07 Å². The molecule has 1 aliphatic heterocycles. The molecule has 4 heteroatoms. The molecule has 0 atom stereocenters. The van der Waals surface area contributed by atoms with Crippen LogP contribution in [0.5, 0.6) is 0 Å². The lowest BCUT2D eigenvalue weighted by Crippen LogP contribution is -2.47. The van der Waals surface area contributed by atoms with Gasteiger partial charge in [0.1, 0.15) is 11.9 Å². The highest BCUT2D eigenvalue weighted by atomic mass is 19.1. The number of nitrogens with zero attached hydrogens (tertiary/aromatic N) is 2. The minimum Gasteiger partial charge on any atom is -0.373 e. The van der Waals surface area contributed by atoms with Crippen LogP contribution in [0.4, 0.5) is 4.39 Å². The minimum absolute atomic E-state index is 0.111. The molecule has 1 fully saturated rings. The summed E-state index contributed by atoms with van der Waals surface area (Å²) in [7, 11) is 0. The van der Waals surface area contributed by atoms with Crippen molar-refractivity contribution in [3.63, 3.8) is 0 Å². The number of benzene rings is 1. The normalized spacial score (nSPS) is 19.4. The van der Waals surface area contributed by atoms with E-state index < -0.39 is 5.82 Å². The van der Waals surface area contributed by atoms with E-state index >= 15 is 0 Å². The van der Waals surface area contributed by atoms with Crippen molar-refractivity contribution >= 4 is 0 Å². The number of rotatable bonds is 2. The van der Waals surface area contributed by atoms with E-state index in [1.54, 1.807) is 12.1 Å². The van der Waals surface area contributed by atoms with Crippen LogP contribution < -0.4 is 0 Å². The van der Waals surface area contributed by atoms with Gasteiger partial charge < -0.3 is 4.74 Å². The van der Waals surface area contributed by atoms with Crippen LogP contribution in [0.25, 0.3) is 0 Å². The van der Waals surface area contributed by atoms with Crippen molar-refractivity contribution in [3.05, 3.63) is 35.1 Å². The second-order valence-electron chi connectivity index (χ2n) is 5.21. The van der Waals surface area contributed by atoms with Crippen molar-refractivity contribution in [1.82, 2.24) is 4.90 Å². The van der Waals surface area contributed by atoms with Crippen LogP contribution in [0, 0.1) is 17.1 Å². The van der Waals surface area contributed by atoms with Crippen LogP contribution in [0.15, 0.2) is 18.2 Å². The Morgan fingerprint density at radius 1 is 1.50 bits per heavy atom. The predicted octanol–water partition coefficient (Wildman–Crippen LogP) is 2.31. The third kappa shape index (κ3) is 2.87. The molecule has 0 spiro atoms. The third-order valence-corrected chi connectivity index (χ3v) is 3.10. The molecule has 0 aromatic heterocycles. The Labute approximate surface area is 107 Å². The van der Waals surface area contributed by atoms with Crippen molar-refractivity contribution in [2.45, 2.75) is 26.0 Å². The van der Waals surface area contributed by atoms with Gasteiger partial charge in [0, 0.05) is 25.2 Å². The molecular weight excluding hydrogens is 231 g/mol. The summed E-state index contributed by atoms with van der Waals surface area (Å²) in [6, 6.07) is 6.83. The van der Waals surface area contributed by atoms with Crippen molar-refractivity contribution in [2.75, 3.05) is 19.7 Å². The maximum Gasteiger partial charge on any atom is 0.145 e. The van der Waals surface area contributed by atoms with Gasteiger partial charge in [-0.1, -0.05) is 12.1 Å². The fourth-order valence-corrected chi connectivity index (χ4v) is 2.28. The maximum atomic E-state index is 13.9. The molecule has 2 rings (SSSR count). The van der Waals surface area contributed by atoms with Crippen molar-refractivity contribution in [1.29, 1.82) is 5.26 Å². The molecule has 0 saturated carbocycles. The largest absolute Gasteiger partial charge is 0.373 e. The predicted molar refractivity (Wildman–Crippen MR) is 66.4 cm³/mol. The highest BCUT2D eigenvalue weighted by Crippen LogP contribution is 2.20. The molecule has 0 N–H and O–H groups in total. The third-order valence-electron chi connectivity index (χ3n) is 3.10. The number of morpholine rings is 1. The van der Waals surface area contributed by atoms with Gasteiger partial charge in [0.2, 0.25) is 0 Å². The summed E-state index contributed by atoms with van der Waals surface area (Å²) < 4.78 is 19.6. The number of nitriles is 1. The van der Waals surface area contributed by atoms with Gasteiger partial charge in [0.15, 0.2) is 0 Å². The molecule has 0 amide bonds. The highest BCUT2D eigenvalue weighted by molar-refractivity contribution is 5.34. The van der Waals surface area contributed by atoms with Gasteiger partial charge >= 0.3 is 0 Å². The summed E-state index contributed by atoms with van der Waals surface area (Å²) in [5.74, 6) is -0.399. The van der Waals surface area contributed by atoms with Crippen LogP contribution in [-0.2, 0) is 11.3 Å². The summed E-state index contributed by atoms with van der Waals surface area (Å²) in [5.41, 5.74) is 0.494. The van der Waals surface area contributed by atoms with Gasteiger partial charge in [-0.3, -0.25) is 4.90 Å². The van der Waals surface area contributed by atoms with E-state index in [4.69, 9.17) is 10.00 Å². The number of halogens is 1. The summed E-state index contributed by atoms with van der Waals surface area (Å²) in [4.78, 5) is 2.16. The Bertz CT molecular complexity index is 479. The fourth-order valence-electron chi connectivity index (χ4n) is 2.28.